The van der Waals surface area contributed by atoms with Gasteiger partial charge >= 0.3 is 5.97 Å². The molecule has 2 heterocycles. The summed E-state index contributed by atoms with van der Waals surface area (Å²) < 4.78 is 17.4. The van der Waals surface area contributed by atoms with Gasteiger partial charge in [0.05, 0.1) is 11.3 Å². The number of esters is 1. The molecule has 0 aliphatic rings. The van der Waals surface area contributed by atoms with Crippen molar-refractivity contribution in [2.24, 2.45) is 0 Å². The Labute approximate surface area is 201 Å². The van der Waals surface area contributed by atoms with Gasteiger partial charge in [0, 0.05) is 17.8 Å². The molecular formula is C26H25N3O6. The van der Waals surface area contributed by atoms with Crippen LogP contribution in [0.25, 0.3) is 5.65 Å². The van der Waals surface area contributed by atoms with Crippen molar-refractivity contribution in [1.29, 1.82) is 0 Å². The minimum atomic E-state index is -0.613. The zero-order valence-corrected chi connectivity index (χ0v) is 19.9. The summed E-state index contributed by atoms with van der Waals surface area (Å²) in [4.78, 5) is 41.5. The summed E-state index contributed by atoms with van der Waals surface area (Å²) in [7, 11) is 0. The molecule has 35 heavy (non-hydrogen) atoms. The maximum atomic E-state index is 12.6. The number of benzene rings is 2. The highest BCUT2D eigenvalue weighted by atomic mass is 16.5. The summed E-state index contributed by atoms with van der Waals surface area (Å²) in [6.45, 7) is 7.00. The summed E-state index contributed by atoms with van der Waals surface area (Å²) in [6.07, 6.45) is 0. The predicted octanol–water partition coefficient (Wildman–Crippen LogP) is 3.90. The fourth-order valence-corrected chi connectivity index (χ4v) is 3.60. The monoisotopic (exact) mass is 475 g/mol. The van der Waals surface area contributed by atoms with Crippen LogP contribution in [0, 0.1) is 27.7 Å². The number of aryl methyl sites for hydroxylation is 4. The Kier molecular flexibility index (Phi) is 6.68. The van der Waals surface area contributed by atoms with E-state index in [1.165, 1.54) is 6.07 Å². The topological polar surface area (TPSA) is 112 Å². The standard InChI is InChI=1S/C26H25N3O6/c1-15-8-9-19(11-21(15)28-23(30)14-33-25-16(2)6-5-7-17(25)3)26(32)34-13-20-12-24(31)29-22(27-20)10-18(4)35-29/h5-12H,13-14H2,1-4H3,(H,28,30). The van der Waals surface area contributed by atoms with Gasteiger partial charge in [0.15, 0.2) is 12.3 Å². The molecule has 0 unspecified atom stereocenters. The number of anilines is 1. The van der Waals surface area contributed by atoms with E-state index in [-0.39, 0.29) is 24.7 Å². The number of hydrogen-bond acceptors (Lipinski definition) is 7. The van der Waals surface area contributed by atoms with Gasteiger partial charge in [-0.25, -0.2) is 9.78 Å². The van der Waals surface area contributed by atoms with Crippen molar-refractivity contribution in [3.63, 3.8) is 0 Å². The highest BCUT2D eigenvalue weighted by Crippen LogP contribution is 2.23. The largest absolute Gasteiger partial charge is 0.483 e. The van der Waals surface area contributed by atoms with Crippen molar-refractivity contribution < 1.29 is 23.6 Å². The average Bonchev–Trinajstić information content (AvgIpc) is 3.19. The predicted molar refractivity (Wildman–Crippen MR) is 129 cm³/mol. The first-order chi connectivity index (χ1) is 16.7. The molecule has 0 bridgehead atoms. The summed E-state index contributed by atoms with van der Waals surface area (Å²) in [6, 6.07) is 13.5. The lowest BCUT2D eigenvalue weighted by atomic mass is 10.1. The number of carbonyl (C=O) groups excluding carboxylic acids is 2. The number of aromatic nitrogens is 2. The first-order valence-electron chi connectivity index (χ1n) is 11.0. The molecule has 0 atom stereocenters. The van der Waals surface area contributed by atoms with Crippen LogP contribution in [-0.4, -0.2) is 28.0 Å². The van der Waals surface area contributed by atoms with E-state index in [2.05, 4.69) is 10.3 Å². The smallest absolute Gasteiger partial charge is 0.338 e. The van der Waals surface area contributed by atoms with Crippen LogP contribution < -0.4 is 15.6 Å². The second-order valence-corrected chi connectivity index (χ2v) is 8.25. The molecule has 1 amide bonds. The second-order valence-electron chi connectivity index (χ2n) is 8.25. The molecule has 2 aromatic carbocycles. The number of carbonyl (C=O) groups is 2. The van der Waals surface area contributed by atoms with Gasteiger partial charge in [0.1, 0.15) is 18.1 Å². The van der Waals surface area contributed by atoms with E-state index in [1.54, 1.807) is 31.2 Å². The van der Waals surface area contributed by atoms with E-state index in [9.17, 15) is 14.4 Å². The molecule has 0 saturated carbocycles. The first kappa shape index (κ1) is 23.7. The van der Waals surface area contributed by atoms with Crippen LogP contribution >= 0.6 is 0 Å². The fourth-order valence-electron chi connectivity index (χ4n) is 3.60. The van der Waals surface area contributed by atoms with Crippen LogP contribution in [0.15, 0.2) is 57.8 Å². The molecule has 0 radical (unpaired) electrons. The normalized spacial score (nSPS) is 10.9. The molecule has 1 N–H and O–H groups in total. The van der Waals surface area contributed by atoms with Crippen LogP contribution in [0.4, 0.5) is 5.69 Å². The minimum absolute atomic E-state index is 0.170. The number of hydrogen-bond donors (Lipinski definition) is 1. The Morgan fingerprint density at radius 2 is 1.74 bits per heavy atom. The Morgan fingerprint density at radius 3 is 2.49 bits per heavy atom. The van der Waals surface area contributed by atoms with Crippen molar-refractivity contribution in [2.75, 3.05) is 11.9 Å². The fraction of sp³-hybridized carbons (Fsp3) is 0.231. The van der Waals surface area contributed by atoms with Gasteiger partial charge in [-0.3, -0.25) is 9.59 Å². The van der Waals surface area contributed by atoms with Gasteiger partial charge in [-0.1, -0.05) is 24.3 Å². The third-order valence-electron chi connectivity index (χ3n) is 5.38. The molecule has 0 aliphatic heterocycles. The summed E-state index contributed by atoms with van der Waals surface area (Å²) in [5.74, 6) is 0.249. The van der Waals surface area contributed by atoms with Crippen LogP contribution in [0.3, 0.4) is 0 Å². The molecule has 0 spiro atoms. The van der Waals surface area contributed by atoms with E-state index in [4.69, 9.17) is 14.0 Å². The Hall–Kier alpha value is -4.40. The molecule has 0 aliphatic carbocycles. The Morgan fingerprint density at radius 1 is 1.00 bits per heavy atom. The highest BCUT2D eigenvalue weighted by molar-refractivity contribution is 5.96. The van der Waals surface area contributed by atoms with Gasteiger partial charge in [0.2, 0.25) is 0 Å². The highest BCUT2D eigenvalue weighted by Gasteiger charge is 2.14. The number of nitrogens with one attached hydrogen (secondary N) is 1. The molecule has 180 valence electrons. The van der Waals surface area contributed by atoms with E-state index < -0.39 is 11.5 Å². The van der Waals surface area contributed by atoms with E-state index >= 15 is 0 Å². The van der Waals surface area contributed by atoms with Gasteiger partial charge in [-0.2, -0.15) is 0 Å². The second kappa shape index (κ2) is 9.84. The van der Waals surface area contributed by atoms with Gasteiger partial charge in [-0.05, 0) is 56.5 Å². The number of rotatable bonds is 7. The molecular weight excluding hydrogens is 450 g/mol. The number of ether oxygens (including phenoxy) is 2. The third-order valence-corrected chi connectivity index (χ3v) is 5.38. The summed E-state index contributed by atoms with van der Waals surface area (Å²) in [5, 5.41) is 2.78. The zero-order valence-electron chi connectivity index (χ0n) is 19.9. The number of para-hydroxylation sites is 1. The lowest BCUT2D eigenvalue weighted by Crippen LogP contribution is -2.21. The van der Waals surface area contributed by atoms with Gasteiger partial charge in [-0.15, -0.1) is 4.57 Å². The Bertz CT molecular complexity index is 1460. The van der Waals surface area contributed by atoms with Crippen molar-refractivity contribution in [1.82, 2.24) is 9.56 Å². The SMILES string of the molecule is Cc1cc2nc(COC(=O)c3ccc(C)c(NC(=O)COc4c(C)cccc4C)c3)cc(=O)n2o1. The molecule has 2 aromatic heterocycles. The van der Waals surface area contributed by atoms with E-state index in [1.807, 2.05) is 39.0 Å². The quantitative estimate of drug-likeness (QED) is 0.404. The van der Waals surface area contributed by atoms with Crippen molar-refractivity contribution in [3.8, 4) is 5.75 Å². The molecule has 4 aromatic rings. The van der Waals surface area contributed by atoms with E-state index in [0.29, 0.717) is 28.5 Å². The zero-order chi connectivity index (χ0) is 25.1. The van der Waals surface area contributed by atoms with E-state index in [0.717, 1.165) is 21.3 Å². The minimum Gasteiger partial charge on any atom is -0.483 e. The average molecular weight is 476 g/mol. The maximum Gasteiger partial charge on any atom is 0.338 e. The van der Waals surface area contributed by atoms with Crippen LogP contribution in [0.5, 0.6) is 5.75 Å². The van der Waals surface area contributed by atoms with Crippen molar-refractivity contribution in [2.45, 2.75) is 34.3 Å². The number of fused-ring (bicyclic) bond motifs is 1. The van der Waals surface area contributed by atoms with Crippen LogP contribution in [-0.2, 0) is 16.1 Å². The first-order valence-corrected chi connectivity index (χ1v) is 11.0. The third kappa shape index (κ3) is 5.40. The van der Waals surface area contributed by atoms with Gasteiger partial charge in [0.25, 0.3) is 11.5 Å². The molecule has 9 nitrogen and oxygen atoms in total. The molecule has 0 saturated heterocycles. The number of nitrogens with zero attached hydrogens (tertiary/aromatic N) is 2. The van der Waals surface area contributed by atoms with Crippen molar-refractivity contribution >= 4 is 23.2 Å². The Balaban J connectivity index is 1.40. The summed E-state index contributed by atoms with van der Waals surface area (Å²) in [5.41, 5.74) is 3.61. The summed E-state index contributed by atoms with van der Waals surface area (Å²) >= 11 is 0. The molecule has 0 fully saturated rings. The molecule has 9 heteroatoms. The lowest BCUT2D eigenvalue weighted by Gasteiger charge is -2.13. The maximum absolute atomic E-state index is 12.6. The van der Waals surface area contributed by atoms with Crippen LogP contribution in [0.2, 0.25) is 0 Å². The van der Waals surface area contributed by atoms with Crippen LogP contribution in [0.1, 0.15) is 38.5 Å². The molecule has 4 rings (SSSR count). The van der Waals surface area contributed by atoms with Gasteiger partial charge < -0.3 is 19.3 Å². The lowest BCUT2D eigenvalue weighted by molar-refractivity contribution is -0.118. The number of amides is 1. The van der Waals surface area contributed by atoms with Crippen molar-refractivity contribution in [3.05, 3.63) is 92.6 Å².